The van der Waals surface area contributed by atoms with Crippen LogP contribution in [0.1, 0.15) is 29.9 Å². The molecule has 0 spiro atoms. The number of methoxy groups -OCH3 is 2. The lowest BCUT2D eigenvalue weighted by Crippen LogP contribution is -2.40. The highest BCUT2D eigenvalue weighted by Crippen LogP contribution is 2.58. The van der Waals surface area contributed by atoms with E-state index in [2.05, 4.69) is 15.9 Å². The van der Waals surface area contributed by atoms with Gasteiger partial charge in [-0.15, -0.1) is 0 Å². The van der Waals surface area contributed by atoms with Crippen LogP contribution in [0.15, 0.2) is 69.8 Å². The third-order valence-corrected chi connectivity index (χ3v) is 9.41. The van der Waals surface area contributed by atoms with Crippen molar-refractivity contribution in [2.75, 3.05) is 20.8 Å². The van der Waals surface area contributed by atoms with E-state index in [0.29, 0.717) is 23.3 Å². The van der Waals surface area contributed by atoms with Crippen molar-refractivity contribution in [2.24, 2.45) is 17.8 Å². The predicted molar refractivity (Wildman–Crippen MR) is 154 cm³/mol. The summed E-state index contributed by atoms with van der Waals surface area (Å²) in [5.74, 6) is -3.42. The number of hydrogen-bond acceptors (Lipinski definition) is 8. The van der Waals surface area contributed by atoms with Gasteiger partial charge in [0.05, 0.1) is 30.5 Å². The molecule has 1 aliphatic heterocycles. The summed E-state index contributed by atoms with van der Waals surface area (Å²) >= 11 is 3.22. The molecule has 0 bridgehead atoms. The number of carbonyl (C=O) groups excluding carboxylic acids is 4. The molecule has 1 saturated heterocycles. The lowest BCUT2D eigenvalue weighted by molar-refractivity contribution is -0.140. The van der Waals surface area contributed by atoms with Gasteiger partial charge in [-0.2, -0.15) is 0 Å². The number of benzene rings is 2. The van der Waals surface area contributed by atoms with E-state index in [-0.39, 0.29) is 75.6 Å². The van der Waals surface area contributed by atoms with E-state index in [4.69, 9.17) is 9.47 Å². The van der Waals surface area contributed by atoms with E-state index in [1.165, 1.54) is 31.3 Å². The number of imide groups is 1. The highest BCUT2D eigenvalue weighted by atomic mass is 79.9. The minimum atomic E-state index is -0.859. The number of fused-ring (bicyclic) bond motifs is 3. The van der Waals surface area contributed by atoms with Crippen LogP contribution in [0, 0.1) is 17.8 Å². The Morgan fingerprint density at radius 3 is 2.40 bits per heavy atom. The van der Waals surface area contributed by atoms with Gasteiger partial charge in [-0.1, -0.05) is 23.8 Å². The molecule has 0 aromatic heterocycles. The average molecular weight is 634 g/mol. The van der Waals surface area contributed by atoms with Crippen molar-refractivity contribution in [3.63, 3.8) is 0 Å². The van der Waals surface area contributed by atoms with Crippen LogP contribution in [-0.2, 0) is 25.6 Å². The molecule has 0 saturated carbocycles. The van der Waals surface area contributed by atoms with Crippen LogP contribution in [0.4, 0.5) is 0 Å². The van der Waals surface area contributed by atoms with Crippen LogP contribution < -0.4 is 9.47 Å². The van der Waals surface area contributed by atoms with E-state index in [1.807, 2.05) is 6.08 Å². The molecule has 1 heterocycles. The number of halogens is 1. The first-order chi connectivity index (χ1) is 20.1. The highest BCUT2D eigenvalue weighted by molar-refractivity contribution is 9.12. The van der Waals surface area contributed by atoms with Crippen molar-refractivity contribution in [1.29, 1.82) is 0 Å². The van der Waals surface area contributed by atoms with Gasteiger partial charge in [-0.05, 0) is 58.8 Å². The first-order valence-electron chi connectivity index (χ1n) is 13.6. The fraction of sp³-hybridized carbons (Fsp3) is 0.312. The molecule has 2 N–H and O–H groups in total. The fourth-order valence-corrected chi connectivity index (χ4v) is 7.34. The molecule has 3 aliphatic carbocycles. The summed E-state index contributed by atoms with van der Waals surface area (Å²) in [5, 5.41) is 20.8. The zero-order valence-electron chi connectivity index (χ0n) is 22.9. The number of allylic oxidation sites excluding steroid dienone is 6. The Labute approximate surface area is 250 Å². The smallest absolute Gasteiger partial charge is 0.233 e. The second kappa shape index (κ2) is 10.6. The van der Waals surface area contributed by atoms with Crippen molar-refractivity contribution in [2.45, 2.75) is 25.2 Å². The molecule has 10 heteroatoms. The van der Waals surface area contributed by atoms with Gasteiger partial charge in [-0.25, -0.2) is 0 Å². The first-order valence-corrected chi connectivity index (χ1v) is 14.4. The van der Waals surface area contributed by atoms with Gasteiger partial charge in [0.15, 0.2) is 11.6 Å². The van der Waals surface area contributed by atoms with E-state index in [9.17, 15) is 29.4 Å². The van der Waals surface area contributed by atoms with E-state index >= 15 is 0 Å². The maximum Gasteiger partial charge on any atom is 0.233 e. The molecule has 4 aliphatic rings. The van der Waals surface area contributed by atoms with Gasteiger partial charge in [-0.3, -0.25) is 24.1 Å². The predicted octanol–water partition coefficient (Wildman–Crippen LogP) is 4.12. The number of phenolic OH excluding ortho intramolecular Hbond substituents is 2. The quantitative estimate of drug-likeness (QED) is 0.276. The monoisotopic (exact) mass is 633 g/mol. The van der Waals surface area contributed by atoms with Crippen LogP contribution in [-0.4, -0.2) is 59.3 Å². The molecule has 216 valence electrons. The van der Waals surface area contributed by atoms with Crippen molar-refractivity contribution < 1.29 is 38.9 Å². The minimum Gasteiger partial charge on any atom is -0.508 e. The molecule has 6 rings (SSSR count). The Bertz CT molecular complexity index is 1640. The zero-order chi connectivity index (χ0) is 29.9. The first kappa shape index (κ1) is 28.0. The van der Waals surface area contributed by atoms with Gasteiger partial charge in [0.25, 0.3) is 0 Å². The van der Waals surface area contributed by atoms with Gasteiger partial charge in [0.2, 0.25) is 11.8 Å². The number of hydrogen-bond donors (Lipinski definition) is 2. The number of aromatic hydroxyl groups is 2. The van der Waals surface area contributed by atoms with Crippen LogP contribution >= 0.6 is 15.9 Å². The highest BCUT2D eigenvalue weighted by Gasteiger charge is 2.56. The maximum absolute atomic E-state index is 13.9. The van der Waals surface area contributed by atoms with E-state index < -0.39 is 23.7 Å². The third kappa shape index (κ3) is 4.36. The van der Waals surface area contributed by atoms with Gasteiger partial charge >= 0.3 is 0 Å². The lowest BCUT2D eigenvalue weighted by atomic mass is 9.59. The van der Waals surface area contributed by atoms with Crippen LogP contribution in [0.3, 0.4) is 0 Å². The number of Topliss-reactive ketones (excluding diaryl/α,β-unsaturated/α-hetero) is 1. The van der Waals surface area contributed by atoms with Gasteiger partial charge in [0.1, 0.15) is 23.0 Å². The molecule has 2 aromatic rings. The molecule has 4 unspecified atom stereocenters. The number of nitrogens with zero attached hydrogens (tertiary/aromatic N) is 1. The van der Waals surface area contributed by atoms with E-state index in [1.54, 1.807) is 30.3 Å². The normalized spacial score (nSPS) is 25.1. The number of phenols is 2. The summed E-state index contributed by atoms with van der Waals surface area (Å²) in [5.41, 5.74) is 2.39. The summed E-state index contributed by atoms with van der Waals surface area (Å²) < 4.78 is 11.1. The number of carbonyl (C=O) groups is 4. The van der Waals surface area contributed by atoms with Crippen molar-refractivity contribution in [1.82, 2.24) is 4.90 Å². The Morgan fingerprint density at radius 2 is 1.71 bits per heavy atom. The van der Waals surface area contributed by atoms with Crippen molar-refractivity contribution in [3.8, 4) is 23.0 Å². The van der Waals surface area contributed by atoms with Crippen LogP contribution in [0.2, 0.25) is 0 Å². The molecule has 2 aromatic carbocycles. The standard InChI is InChI=1S/C32H28BrNO8/c1-41-17-11-23(36)29(25(12-17)42-2)28-18-7-8-19-26(20(18)13-21-27(28)24(37)14-22(33)30(21)38)32(40)34(31(19)39)10-9-15-3-5-16(35)6-4-15/h3-7,11-12,14,19-20,26,28,35-36H,8-10,13H2,1-2H3. The SMILES string of the molecule is COc1cc(O)c(C2C3=CCC4C(=O)N(CCc5ccc(O)cc5)C(=O)C4C3CC3=C2C(=O)C=C(Br)C3=O)c(OC)c1. The molecular weight excluding hydrogens is 606 g/mol. The molecule has 4 atom stereocenters. The summed E-state index contributed by atoms with van der Waals surface area (Å²) in [7, 11) is 2.89. The number of ether oxygens (including phenoxy) is 2. The van der Waals surface area contributed by atoms with Crippen LogP contribution in [0.5, 0.6) is 23.0 Å². The summed E-state index contributed by atoms with van der Waals surface area (Å²) in [6.07, 6.45) is 3.97. The molecular formula is C32H28BrNO8. The number of ketones is 2. The third-order valence-electron chi connectivity index (χ3n) is 8.82. The van der Waals surface area contributed by atoms with E-state index in [0.717, 1.165) is 5.56 Å². The minimum absolute atomic E-state index is 0.121. The number of likely N-dealkylation sites (tertiary alicyclic amines) is 1. The average Bonchev–Trinajstić information content (AvgIpc) is 3.23. The molecule has 42 heavy (non-hydrogen) atoms. The molecule has 9 nitrogen and oxygen atoms in total. The Morgan fingerprint density at radius 1 is 0.976 bits per heavy atom. The van der Waals surface area contributed by atoms with Crippen molar-refractivity contribution in [3.05, 3.63) is 80.9 Å². The van der Waals surface area contributed by atoms with Gasteiger partial charge < -0.3 is 19.7 Å². The second-order valence-electron chi connectivity index (χ2n) is 10.9. The molecule has 1 fully saturated rings. The maximum atomic E-state index is 13.9. The van der Waals surface area contributed by atoms with Crippen LogP contribution in [0.25, 0.3) is 0 Å². The van der Waals surface area contributed by atoms with Gasteiger partial charge in [0, 0.05) is 47.4 Å². The zero-order valence-corrected chi connectivity index (χ0v) is 24.5. The number of rotatable bonds is 6. The summed E-state index contributed by atoms with van der Waals surface area (Å²) in [6.45, 7) is 0.188. The Kier molecular flexibility index (Phi) is 7.04. The summed E-state index contributed by atoms with van der Waals surface area (Å²) in [4.78, 5) is 55.7. The summed E-state index contributed by atoms with van der Waals surface area (Å²) in [6, 6.07) is 9.64. The topological polar surface area (TPSA) is 130 Å². The lowest BCUT2D eigenvalue weighted by Gasteiger charge is -2.42. The number of amides is 2. The Balaban J connectivity index is 1.42. The largest absolute Gasteiger partial charge is 0.508 e. The Hall–Kier alpha value is -4.18. The fourth-order valence-electron chi connectivity index (χ4n) is 6.89. The molecule has 0 radical (unpaired) electrons. The molecule has 2 amide bonds. The van der Waals surface area contributed by atoms with Crippen molar-refractivity contribution >= 4 is 39.3 Å². The second-order valence-corrected chi connectivity index (χ2v) is 11.8.